The number of esters is 1. The molecule has 0 spiro atoms. The van der Waals surface area contributed by atoms with Crippen LogP contribution in [0.1, 0.15) is 37.6 Å². The fourth-order valence-electron chi connectivity index (χ4n) is 1.47. The van der Waals surface area contributed by atoms with E-state index in [1.54, 1.807) is 30.8 Å². The summed E-state index contributed by atoms with van der Waals surface area (Å²) in [6.45, 7) is 6.42. The van der Waals surface area contributed by atoms with Crippen molar-refractivity contribution in [3.05, 3.63) is 22.7 Å². The summed E-state index contributed by atoms with van der Waals surface area (Å²) in [6.07, 6.45) is 1.09. The molecule has 1 rings (SSSR count). The van der Waals surface area contributed by atoms with E-state index in [1.165, 1.54) is 0 Å². The number of carbonyl (C=O) groups is 1. The fourth-order valence-corrected chi connectivity index (χ4v) is 3.04. The lowest BCUT2D eigenvalue weighted by Crippen LogP contribution is -2.08. The molecule has 106 valence electrons. The third-order valence-electron chi connectivity index (χ3n) is 2.77. The van der Waals surface area contributed by atoms with Crippen LogP contribution in [0.3, 0.4) is 0 Å². The summed E-state index contributed by atoms with van der Waals surface area (Å²) in [5, 5.41) is 0.511. The molecule has 1 unspecified atom stereocenters. The van der Waals surface area contributed by atoms with Gasteiger partial charge in [0, 0.05) is 16.3 Å². The standard InChI is InChI=1S/C14H20ClNO2S/c1-4-9(3)8-19-13-11(14(17)18-5-2)6-10(16)7-12(13)15/h6-7,9H,4-5,8,16H2,1-3H3. The Morgan fingerprint density at radius 3 is 2.74 bits per heavy atom. The molecule has 0 aromatic heterocycles. The first kappa shape index (κ1) is 16.2. The largest absolute Gasteiger partial charge is 0.462 e. The van der Waals surface area contributed by atoms with Crippen LogP contribution < -0.4 is 5.73 Å². The number of nitrogen functional groups attached to an aromatic ring is 1. The number of carbonyl (C=O) groups excluding carboxylic acids is 1. The summed E-state index contributed by atoms with van der Waals surface area (Å²) < 4.78 is 5.05. The predicted molar refractivity (Wildman–Crippen MR) is 82.0 cm³/mol. The van der Waals surface area contributed by atoms with Gasteiger partial charge in [0.1, 0.15) is 0 Å². The highest BCUT2D eigenvalue weighted by Gasteiger charge is 2.17. The number of rotatable bonds is 6. The van der Waals surface area contributed by atoms with Crippen LogP contribution in [0.2, 0.25) is 5.02 Å². The van der Waals surface area contributed by atoms with Crippen LogP contribution in [-0.2, 0) is 4.74 Å². The molecule has 1 atom stereocenters. The van der Waals surface area contributed by atoms with Crippen LogP contribution in [-0.4, -0.2) is 18.3 Å². The van der Waals surface area contributed by atoms with Gasteiger partial charge in [0.25, 0.3) is 0 Å². The van der Waals surface area contributed by atoms with E-state index in [-0.39, 0.29) is 5.97 Å². The van der Waals surface area contributed by atoms with Crippen molar-refractivity contribution in [2.45, 2.75) is 32.1 Å². The van der Waals surface area contributed by atoms with E-state index in [0.29, 0.717) is 28.8 Å². The van der Waals surface area contributed by atoms with Gasteiger partial charge in [-0.05, 0) is 25.0 Å². The second kappa shape index (κ2) is 7.65. The van der Waals surface area contributed by atoms with E-state index < -0.39 is 0 Å². The summed E-state index contributed by atoms with van der Waals surface area (Å²) in [5.74, 6) is 1.10. The highest BCUT2D eigenvalue weighted by molar-refractivity contribution is 7.99. The number of hydrogen-bond acceptors (Lipinski definition) is 4. The van der Waals surface area contributed by atoms with Gasteiger partial charge in [-0.15, -0.1) is 11.8 Å². The molecular weight excluding hydrogens is 282 g/mol. The van der Waals surface area contributed by atoms with Gasteiger partial charge in [-0.1, -0.05) is 31.9 Å². The number of benzene rings is 1. The molecule has 5 heteroatoms. The van der Waals surface area contributed by atoms with Crippen LogP contribution in [0.25, 0.3) is 0 Å². The van der Waals surface area contributed by atoms with E-state index in [9.17, 15) is 4.79 Å². The molecule has 0 fully saturated rings. The Labute approximate surface area is 123 Å². The summed E-state index contributed by atoms with van der Waals surface area (Å²) in [7, 11) is 0. The molecule has 1 aromatic rings. The first-order chi connectivity index (χ1) is 8.99. The van der Waals surface area contributed by atoms with Crippen LogP contribution in [0, 0.1) is 5.92 Å². The molecule has 0 saturated carbocycles. The van der Waals surface area contributed by atoms with Crippen molar-refractivity contribution in [3.63, 3.8) is 0 Å². The molecule has 19 heavy (non-hydrogen) atoms. The molecule has 0 aliphatic rings. The Morgan fingerprint density at radius 1 is 1.47 bits per heavy atom. The molecule has 3 nitrogen and oxygen atoms in total. The number of nitrogens with two attached hydrogens (primary N) is 1. The van der Waals surface area contributed by atoms with Gasteiger partial charge < -0.3 is 10.5 Å². The van der Waals surface area contributed by atoms with Gasteiger partial charge in [-0.2, -0.15) is 0 Å². The minimum Gasteiger partial charge on any atom is -0.462 e. The predicted octanol–water partition coefficient (Wildman–Crippen LogP) is 4.24. The molecule has 0 aliphatic carbocycles. The van der Waals surface area contributed by atoms with Gasteiger partial charge in [0.2, 0.25) is 0 Å². The van der Waals surface area contributed by atoms with Gasteiger partial charge in [-0.3, -0.25) is 0 Å². The second-order valence-corrected chi connectivity index (χ2v) is 5.86. The number of ether oxygens (including phenoxy) is 1. The molecule has 0 aliphatic heterocycles. The number of hydrogen-bond donors (Lipinski definition) is 1. The molecule has 2 N–H and O–H groups in total. The van der Waals surface area contributed by atoms with E-state index in [0.717, 1.165) is 17.1 Å². The average molecular weight is 302 g/mol. The minimum atomic E-state index is -0.372. The third kappa shape index (κ3) is 4.62. The average Bonchev–Trinajstić information content (AvgIpc) is 2.36. The zero-order valence-corrected chi connectivity index (χ0v) is 13.1. The number of anilines is 1. The fraction of sp³-hybridized carbons (Fsp3) is 0.500. The SMILES string of the molecule is CCOC(=O)c1cc(N)cc(Cl)c1SCC(C)CC. The Balaban J connectivity index is 3.02. The van der Waals surface area contributed by atoms with Gasteiger partial charge >= 0.3 is 5.97 Å². The smallest absolute Gasteiger partial charge is 0.339 e. The first-order valence-corrected chi connectivity index (χ1v) is 7.74. The topological polar surface area (TPSA) is 52.3 Å². The van der Waals surface area contributed by atoms with E-state index in [2.05, 4.69) is 13.8 Å². The first-order valence-electron chi connectivity index (χ1n) is 6.38. The van der Waals surface area contributed by atoms with Crippen molar-refractivity contribution in [3.8, 4) is 0 Å². The van der Waals surface area contributed by atoms with Crippen molar-refractivity contribution in [2.75, 3.05) is 18.1 Å². The normalized spacial score (nSPS) is 12.2. The van der Waals surface area contributed by atoms with Gasteiger partial charge in [-0.25, -0.2) is 4.79 Å². The van der Waals surface area contributed by atoms with Crippen molar-refractivity contribution < 1.29 is 9.53 Å². The van der Waals surface area contributed by atoms with Crippen molar-refractivity contribution in [1.29, 1.82) is 0 Å². The summed E-state index contributed by atoms with van der Waals surface area (Å²) >= 11 is 7.78. The summed E-state index contributed by atoms with van der Waals surface area (Å²) in [6, 6.07) is 3.30. The highest BCUT2D eigenvalue weighted by Crippen LogP contribution is 2.34. The summed E-state index contributed by atoms with van der Waals surface area (Å²) in [5.41, 5.74) is 6.67. The maximum atomic E-state index is 11.9. The molecule has 0 saturated heterocycles. The minimum absolute atomic E-state index is 0.334. The lowest BCUT2D eigenvalue weighted by atomic mass is 10.2. The Bertz CT molecular complexity index is 451. The zero-order chi connectivity index (χ0) is 14.4. The molecule has 0 heterocycles. The lowest BCUT2D eigenvalue weighted by molar-refractivity contribution is 0.0522. The zero-order valence-electron chi connectivity index (χ0n) is 11.5. The summed E-state index contributed by atoms with van der Waals surface area (Å²) in [4.78, 5) is 12.7. The second-order valence-electron chi connectivity index (χ2n) is 4.42. The van der Waals surface area contributed by atoms with E-state index in [1.807, 2.05) is 0 Å². The highest BCUT2D eigenvalue weighted by atomic mass is 35.5. The van der Waals surface area contributed by atoms with Crippen LogP contribution in [0.4, 0.5) is 5.69 Å². The van der Waals surface area contributed by atoms with Crippen LogP contribution in [0.5, 0.6) is 0 Å². The molecule has 1 aromatic carbocycles. The quantitative estimate of drug-likeness (QED) is 0.485. The van der Waals surface area contributed by atoms with Crippen molar-refractivity contribution in [2.24, 2.45) is 5.92 Å². The van der Waals surface area contributed by atoms with E-state index in [4.69, 9.17) is 22.1 Å². The van der Waals surface area contributed by atoms with Gasteiger partial charge in [0.05, 0.1) is 17.2 Å². The molecular formula is C14H20ClNO2S. The maximum absolute atomic E-state index is 11.9. The molecule has 0 radical (unpaired) electrons. The molecule has 0 bridgehead atoms. The number of thioether (sulfide) groups is 1. The Morgan fingerprint density at radius 2 is 2.16 bits per heavy atom. The van der Waals surface area contributed by atoms with Crippen LogP contribution >= 0.6 is 23.4 Å². The third-order valence-corrected chi connectivity index (χ3v) is 4.64. The van der Waals surface area contributed by atoms with E-state index >= 15 is 0 Å². The Kier molecular flexibility index (Phi) is 6.52. The lowest BCUT2D eigenvalue weighted by Gasteiger charge is -2.13. The monoisotopic (exact) mass is 301 g/mol. The van der Waals surface area contributed by atoms with Crippen LogP contribution in [0.15, 0.2) is 17.0 Å². The molecule has 0 amide bonds. The van der Waals surface area contributed by atoms with Gasteiger partial charge in [0.15, 0.2) is 0 Å². The number of halogens is 1. The van der Waals surface area contributed by atoms with Crippen molar-refractivity contribution in [1.82, 2.24) is 0 Å². The maximum Gasteiger partial charge on any atom is 0.339 e. The Hall–Kier alpha value is -0.870. The van der Waals surface area contributed by atoms with Crippen molar-refractivity contribution >= 4 is 35.0 Å².